The number of rotatable bonds is 9. The summed E-state index contributed by atoms with van der Waals surface area (Å²) in [4.78, 5) is 10.1. The highest BCUT2D eigenvalue weighted by atomic mass is 16.5. The van der Waals surface area contributed by atoms with Crippen LogP contribution in [0.3, 0.4) is 0 Å². The van der Waals surface area contributed by atoms with Gasteiger partial charge in [-0.15, -0.1) is 0 Å². The van der Waals surface area contributed by atoms with Gasteiger partial charge in [-0.2, -0.15) is 0 Å². The van der Waals surface area contributed by atoms with Gasteiger partial charge in [-0.25, -0.2) is 4.79 Å². The fraction of sp³-hybridized carbons (Fsp3) is 0.417. The zero-order valence-corrected chi connectivity index (χ0v) is 9.50. The standard InChI is InChI=1S/C12H16O5/c13-12(14)10-16-7-6-15-8-9-17-11-4-2-1-3-5-11/h1-5H,6-10H2,(H,13,14). The Morgan fingerprint density at radius 2 is 1.65 bits per heavy atom. The minimum atomic E-state index is -0.975. The lowest BCUT2D eigenvalue weighted by atomic mass is 10.3. The molecule has 5 heteroatoms. The molecule has 1 aromatic carbocycles. The summed E-state index contributed by atoms with van der Waals surface area (Å²) >= 11 is 0. The van der Waals surface area contributed by atoms with Gasteiger partial charge in [-0.05, 0) is 12.1 Å². The highest BCUT2D eigenvalue weighted by Gasteiger charge is 1.96. The van der Waals surface area contributed by atoms with Crippen molar-refractivity contribution < 1.29 is 24.1 Å². The number of hydrogen-bond donors (Lipinski definition) is 1. The van der Waals surface area contributed by atoms with Crippen molar-refractivity contribution in [3.8, 4) is 5.75 Å². The molecule has 0 aliphatic heterocycles. The quantitative estimate of drug-likeness (QED) is 0.657. The molecule has 0 saturated heterocycles. The predicted octanol–water partition coefficient (Wildman–Crippen LogP) is 1.18. The van der Waals surface area contributed by atoms with Crippen molar-refractivity contribution in [2.75, 3.05) is 33.0 Å². The molecule has 94 valence electrons. The molecule has 0 saturated carbocycles. The fourth-order valence-electron chi connectivity index (χ4n) is 1.11. The van der Waals surface area contributed by atoms with Gasteiger partial charge in [0.2, 0.25) is 0 Å². The second kappa shape index (κ2) is 8.55. The normalized spacial score (nSPS) is 10.1. The van der Waals surface area contributed by atoms with Crippen LogP contribution in [0.1, 0.15) is 0 Å². The second-order valence-corrected chi connectivity index (χ2v) is 3.22. The molecular formula is C12H16O5. The summed E-state index contributed by atoms with van der Waals surface area (Å²) in [5.74, 6) is -0.171. The minimum Gasteiger partial charge on any atom is -0.491 e. The molecule has 1 rings (SSSR count). The number of carbonyl (C=O) groups is 1. The van der Waals surface area contributed by atoms with E-state index >= 15 is 0 Å². The lowest BCUT2D eigenvalue weighted by Gasteiger charge is -2.06. The first-order valence-corrected chi connectivity index (χ1v) is 5.34. The van der Waals surface area contributed by atoms with Crippen molar-refractivity contribution in [3.63, 3.8) is 0 Å². The molecule has 1 aromatic rings. The maximum atomic E-state index is 10.1. The van der Waals surface area contributed by atoms with Crippen molar-refractivity contribution >= 4 is 5.97 Å². The van der Waals surface area contributed by atoms with Crippen LogP contribution in [0, 0.1) is 0 Å². The monoisotopic (exact) mass is 240 g/mol. The molecule has 0 fully saturated rings. The van der Waals surface area contributed by atoms with Crippen LogP contribution in [0.5, 0.6) is 5.75 Å². The number of hydrogen-bond acceptors (Lipinski definition) is 4. The van der Waals surface area contributed by atoms with E-state index in [1.165, 1.54) is 0 Å². The van der Waals surface area contributed by atoms with Crippen LogP contribution in [-0.4, -0.2) is 44.1 Å². The lowest BCUT2D eigenvalue weighted by Crippen LogP contribution is -2.13. The van der Waals surface area contributed by atoms with Crippen LogP contribution in [-0.2, 0) is 14.3 Å². The average molecular weight is 240 g/mol. The molecule has 0 spiro atoms. The first kappa shape index (κ1) is 13.5. The van der Waals surface area contributed by atoms with E-state index in [9.17, 15) is 4.79 Å². The van der Waals surface area contributed by atoms with Crippen molar-refractivity contribution in [2.45, 2.75) is 0 Å². The van der Waals surface area contributed by atoms with E-state index in [1.54, 1.807) is 0 Å². The molecule has 5 nitrogen and oxygen atoms in total. The fourth-order valence-corrected chi connectivity index (χ4v) is 1.11. The number of carboxylic acids is 1. The minimum absolute atomic E-state index is 0.275. The van der Waals surface area contributed by atoms with E-state index < -0.39 is 5.97 Å². The summed E-state index contributed by atoms with van der Waals surface area (Å²) < 4.78 is 15.4. The van der Waals surface area contributed by atoms with Gasteiger partial charge < -0.3 is 19.3 Å². The van der Waals surface area contributed by atoms with Gasteiger partial charge in [-0.3, -0.25) is 0 Å². The average Bonchev–Trinajstić information content (AvgIpc) is 2.33. The summed E-state index contributed by atoms with van der Waals surface area (Å²) in [6, 6.07) is 9.46. The SMILES string of the molecule is O=C(O)COCCOCCOc1ccccc1. The van der Waals surface area contributed by atoms with Crippen LogP contribution >= 0.6 is 0 Å². The van der Waals surface area contributed by atoms with Gasteiger partial charge in [0.25, 0.3) is 0 Å². The molecule has 0 unspecified atom stereocenters. The smallest absolute Gasteiger partial charge is 0.329 e. The Kier molecular flexibility index (Phi) is 6.78. The Balaban J connectivity index is 1.90. The maximum Gasteiger partial charge on any atom is 0.329 e. The van der Waals surface area contributed by atoms with Crippen LogP contribution in [0.15, 0.2) is 30.3 Å². The highest BCUT2D eigenvalue weighted by Crippen LogP contribution is 2.07. The molecule has 0 bridgehead atoms. The molecule has 17 heavy (non-hydrogen) atoms. The van der Waals surface area contributed by atoms with Gasteiger partial charge in [0.05, 0.1) is 19.8 Å². The van der Waals surface area contributed by atoms with Crippen molar-refractivity contribution in [1.29, 1.82) is 0 Å². The predicted molar refractivity (Wildman–Crippen MR) is 61.2 cm³/mol. The third kappa shape index (κ3) is 7.32. The Morgan fingerprint density at radius 1 is 1.00 bits per heavy atom. The van der Waals surface area contributed by atoms with Crippen LogP contribution in [0.4, 0.5) is 0 Å². The molecule has 0 atom stereocenters. The highest BCUT2D eigenvalue weighted by molar-refractivity contribution is 5.67. The second-order valence-electron chi connectivity index (χ2n) is 3.22. The van der Waals surface area contributed by atoms with Gasteiger partial charge in [0.15, 0.2) is 0 Å². The van der Waals surface area contributed by atoms with Gasteiger partial charge in [0.1, 0.15) is 19.0 Å². The van der Waals surface area contributed by atoms with Gasteiger partial charge in [-0.1, -0.05) is 18.2 Å². The number of carboxylic acid groups (broad SMARTS) is 1. The third-order valence-electron chi connectivity index (χ3n) is 1.84. The summed E-state index contributed by atoms with van der Waals surface area (Å²) in [5.41, 5.74) is 0. The molecular weight excluding hydrogens is 224 g/mol. The Morgan fingerprint density at radius 3 is 2.35 bits per heavy atom. The lowest BCUT2D eigenvalue weighted by molar-refractivity contribution is -0.142. The topological polar surface area (TPSA) is 65.0 Å². The molecule has 0 aliphatic rings. The van der Waals surface area contributed by atoms with Crippen LogP contribution in [0.25, 0.3) is 0 Å². The molecule has 0 amide bonds. The molecule has 0 radical (unpaired) electrons. The van der Waals surface area contributed by atoms with E-state index in [4.69, 9.17) is 19.3 Å². The van der Waals surface area contributed by atoms with Gasteiger partial charge >= 0.3 is 5.97 Å². The van der Waals surface area contributed by atoms with Crippen LogP contribution < -0.4 is 4.74 Å². The Labute approximate surface area is 99.9 Å². The largest absolute Gasteiger partial charge is 0.491 e. The summed E-state index contributed by atoms with van der Waals surface area (Å²) in [5, 5.41) is 8.29. The number of para-hydroxylation sites is 1. The Bertz CT molecular complexity index is 312. The number of benzene rings is 1. The number of ether oxygens (including phenoxy) is 3. The first-order chi connectivity index (χ1) is 8.29. The van der Waals surface area contributed by atoms with E-state index in [2.05, 4.69) is 0 Å². The van der Waals surface area contributed by atoms with Crippen molar-refractivity contribution in [2.24, 2.45) is 0 Å². The van der Waals surface area contributed by atoms with Crippen LogP contribution in [0.2, 0.25) is 0 Å². The molecule has 0 aromatic heterocycles. The summed E-state index contributed by atoms with van der Waals surface area (Å²) in [6.07, 6.45) is 0. The third-order valence-corrected chi connectivity index (χ3v) is 1.84. The van der Waals surface area contributed by atoms with Crippen molar-refractivity contribution in [1.82, 2.24) is 0 Å². The molecule has 0 heterocycles. The van der Waals surface area contributed by atoms with E-state index in [-0.39, 0.29) is 13.2 Å². The molecule has 0 aliphatic carbocycles. The Hall–Kier alpha value is -1.59. The molecule has 1 N–H and O–H groups in total. The van der Waals surface area contributed by atoms with Crippen molar-refractivity contribution in [3.05, 3.63) is 30.3 Å². The van der Waals surface area contributed by atoms with E-state index in [1.807, 2.05) is 30.3 Å². The van der Waals surface area contributed by atoms with E-state index in [0.29, 0.717) is 19.8 Å². The number of aliphatic carboxylic acids is 1. The first-order valence-electron chi connectivity index (χ1n) is 5.34. The van der Waals surface area contributed by atoms with Gasteiger partial charge in [0, 0.05) is 0 Å². The van der Waals surface area contributed by atoms with E-state index in [0.717, 1.165) is 5.75 Å². The summed E-state index contributed by atoms with van der Waals surface area (Å²) in [6.45, 7) is 1.27. The zero-order valence-electron chi connectivity index (χ0n) is 9.50. The summed E-state index contributed by atoms with van der Waals surface area (Å²) in [7, 11) is 0. The zero-order chi connectivity index (χ0) is 12.3. The maximum absolute atomic E-state index is 10.1.